The van der Waals surface area contributed by atoms with Crippen molar-refractivity contribution >= 4 is 46.0 Å². The van der Waals surface area contributed by atoms with Gasteiger partial charge in [-0.3, -0.25) is 4.57 Å². The van der Waals surface area contributed by atoms with Crippen molar-refractivity contribution in [1.29, 1.82) is 0 Å². The van der Waals surface area contributed by atoms with Crippen molar-refractivity contribution in [1.82, 2.24) is 14.5 Å². The van der Waals surface area contributed by atoms with Gasteiger partial charge in [-0.1, -0.05) is 29.3 Å². The molecule has 0 aliphatic rings. The van der Waals surface area contributed by atoms with Crippen LogP contribution in [0.25, 0.3) is 16.9 Å². The molecular weight excluding hydrogens is 329 g/mol. The lowest BCUT2D eigenvalue weighted by Crippen LogP contribution is -2.04. The highest BCUT2D eigenvalue weighted by Crippen LogP contribution is 2.30. The largest absolute Gasteiger partial charge is 0.279 e. The third-order valence-electron chi connectivity index (χ3n) is 3.26. The minimum Gasteiger partial charge on any atom is -0.279 e. The molecule has 0 fully saturated rings. The third-order valence-corrected chi connectivity index (χ3v) is 3.89. The third kappa shape index (κ3) is 2.61. The number of alkyl halides is 1. The highest BCUT2D eigenvalue weighted by molar-refractivity contribution is 6.31. The average molecular weight is 341 g/mol. The molecule has 0 saturated heterocycles. The molecule has 3 nitrogen and oxygen atoms in total. The van der Waals surface area contributed by atoms with Gasteiger partial charge in [0.2, 0.25) is 0 Å². The minimum absolute atomic E-state index is 0.267. The lowest BCUT2D eigenvalue weighted by molar-refractivity contribution is 0.873. The van der Waals surface area contributed by atoms with Gasteiger partial charge in [-0.15, -0.1) is 11.6 Å². The number of hydrogen-bond acceptors (Lipinski definition) is 2. The van der Waals surface area contributed by atoms with E-state index < -0.39 is 0 Å². The molecular formula is C15H12Cl3N3. The molecule has 0 amide bonds. The van der Waals surface area contributed by atoms with Crippen molar-refractivity contribution in [3.8, 4) is 5.69 Å². The second-order valence-electron chi connectivity index (χ2n) is 4.85. The van der Waals surface area contributed by atoms with Crippen molar-refractivity contribution in [2.45, 2.75) is 19.2 Å². The molecule has 0 bridgehead atoms. The molecule has 21 heavy (non-hydrogen) atoms. The maximum absolute atomic E-state index is 6.28. The number of fused-ring (bicyclic) bond motifs is 1. The molecule has 0 aliphatic carbocycles. The average Bonchev–Trinajstić information content (AvgIpc) is 2.80. The van der Waals surface area contributed by atoms with Gasteiger partial charge >= 0.3 is 0 Å². The van der Waals surface area contributed by atoms with Crippen LogP contribution in [0.1, 0.15) is 23.7 Å². The number of hydrogen-bond donors (Lipinski definition) is 0. The van der Waals surface area contributed by atoms with Crippen LogP contribution in [-0.4, -0.2) is 14.5 Å². The molecule has 0 spiro atoms. The predicted molar refractivity (Wildman–Crippen MR) is 87.9 cm³/mol. The summed E-state index contributed by atoms with van der Waals surface area (Å²) in [6.45, 7) is 3.89. The smallest absolute Gasteiger partial charge is 0.164 e. The Bertz CT molecular complexity index is 824. The van der Waals surface area contributed by atoms with Gasteiger partial charge in [0.1, 0.15) is 11.3 Å². The normalized spacial score (nSPS) is 12.8. The van der Waals surface area contributed by atoms with E-state index in [1.807, 2.05) is 36.6 Å². The van der Waals surface area contributed by atoms with Gasteiger partial charge in [0.25, 0.3) is 0 Å². The Hall–Kier alpha value is -1.29. The summed E-state index contributed by atoms with van der Waals surface area (Å²) in [6, 6.07) is 7.48. The van der Waals surface area contributed by atoms with Crippen LogP contribution >= 0.6 is 34.8 Å². The van der Waals surface area contributed by atoms with Crippen LogP contribution in [0, 0.1) is 6.92 Å². The fraction of sp³-hybridized carbons (Fsp3) is 0.200. The quantitative estimate of drug-likeness (QED) is 0.590. The summed E-state index contributed by atoms with van der Waals surface area (Å²) < 4.78 is 1.94. The Kier molecular flexibility index (Phi) is 3.82. The Morgan fingerprint density at radius 2 is 1.90 bits per heavy atom. The number of aromatic nitrogens is 3. The van der Waals surface area contributed by atoms with Gasteiger partial charge in [-0.2, -0.15) is 0 Å². The van der Waals surface area contributed by atoms with E-state index in [-0.39, 0.29) is 5.38 Å². The molecule has 0 aliphatic heterocycles. The number of benzene rings is 1. The monoisotopic (exact) mass is 339 g/mol. The molecule has 108 valence electrons. The van der Waals surface area contributed by atoms with Gasteiger partial charge in [0, 0.05) is 11.2 Å². The van der Waals surface area contributed by atoms with Crippen molar-refractivity contribution in [2.24, 2.45) is 0 Å². The molecule has 2 heterocycles. The number of nitrogens with zero attached hydrogens (tertiary/aromatic N) is 3. The number of pyridine rings is 1. The first-order valence-electron chi connectivity index (χ1n) is 6.42. The molecule has 3 rings (SSSR count). The van der Waals surface area contributed by atoms with E-state index in [0.717, 1.165) is 11.3 Å². The topological polar surface area (TPSA) is 30.7 Å². The minimum atomic E-state index is -0.267. The van der Waals surface area contributed by atoms with Crippen LogP contribution in [0.15, 0.2) is 30.5 Å². The zero-order chi connectivity index (χ0) is 15.1. The van der Waals surface area contributed by atoms with Gasteiger partial charge in [-0.05, 0) is 37.6 Å². The SMILES string of the molecule is Cc1ccc(Cl)cc1-n1c(C(C)Cl)nc2cc(Cl)cnc21. The summed E-state index contributed by atoms with van der Waals surface area (Å²) in [5, 5.41) is 0.930. The number of halogens is 3. The molecule has 6 heteroatoms. The molecule has 3 aromatic rings. The van der Waals surface area contributed by atoms with E-state index in [1.54, 1.807) is 12.3 Å². The molecule has 1 aromatic carbocycles. The van der Waals surface area contributed by atoms with E-state index >= 15 is 0 Å². The van der Waals surface area contributed by atoms with Crippen LogP contribution in [-0.2, 0) is 0 Å². The van der Waals surface area contributed by atoms with Gasteiger partial charge < -0.3 is 0 Å². The van der Waals surface area contributed by atoms with Crippen molar-refractivity contribution in [3.05, 3.63) is 51.9 Å². The van der Waals surface area contributed by atoms with Crippen LogP contribution < -0.4 is 0 Å². The summed E-state index contributed by atoms with van der Waals surface area (Å²) in [5.41, 5.74) is 3.41. The Morgan fingerprint density at radius 1 is 1.14 bits per heavy atom. The van der Waals surface area contributed by atoms with Gasteiger partial charge in [-0.25, -0.2) is 9.97 Å². The molecule has 0 N–H and O–H groups in total. The second kappa shape index (κ2) is 5.48. The highest BCUT2D eigenvalue weighted by Gasteiger charge is 2.19. The summed E-state index contributed by atoms with van der Waals surface area (Å²) in [6.07, 6.45) is 1.60. The van der Waals surface area contributed by atoms with Gasteiger partial charge in [0.15, 0.2) is 5.65 Å². The summed E-state index contributed by atoms with van der Waals surface area (Å²) in [7, 11) is 0. The first kappa shape index (κ1) is 14.6. The maximum atomic E-state index is 6.28. The Balaban J connectivity index is 2.39. The zero-order valence-corrected chi connectivity index (χ0v) is 13.7. The molecule has 0 saturated carbocycles. The Morgan fingerprint density at radius 3 is 2.62 bits per heavy atom. The van der Waals surface area contributed by atoms with Crippen molar-refractivity contribution in [2.75, 3.05) is 0 Å². The van der Waals surface area contributed by atoms with E-state index in [9.17, 15) is 0 Å². The first-order chi connectivity index (χ1) is 9.97. The zero-order valence-electron chi connectivity index (χ0n) is 11.4. The predicted octanol–water partition coefficient (Wildman–Crippen LogP) is 5.34. The molecule has 2 aromatic heterocycles. The molecule has 1 unspecified atom stereocenters. The Labute approximate surface area is 137 Å². The van der Waals surface area contributed by atoms with Crippen LogP contribution in [0.5, 0.6) is 0 Å². The fourth-order valence-corrected chi connectivity index (χ4v) is 2.75. The standard InChI is InChI=1S/C15H12Cl3N3/c1-8-3-4-10(17)6-13(8)21-14(9(2)16)20-12-5-11(18)7-19-15(12)21/h3-7,9H,1-2H3. The van der Waals surface area contributed by atoms with Crippen LogP contribution in [0.3, 0.4) is 0 Å². The fourth-order valence-electron chi connectivity index (χ4n) is 2.29. The van der Waals surface area contributed by atoms with Crippen LogP contribution in [0.2, 0.25) is 10.0 Å². The number of rotatable bonds is 2. The molecule has 0 radical (unpaired) electrons. The van der Waals surface area contributed by atoms with Crippen LogP contribution in [0.4, 0.5) is 0 Å². The summed E-state index contributed by atoms with van der Waals surface area (Å²) in [4.78, 5) is 8.96. The first-order valence-corrected chi connectivity index (χ1v) is 7.61. The summed E-state index contributed by atoms with van der Waals surface area (Å²) in [5.74, 6) is 0.715. The highest BCUT2D eigenvalue weighted by atomic mass is 35.5. The molecule has 1 atom stereocenters. The van der Waals surface area contributed by atoms with Crippen molar-refractivity contribution < 1.29 is 0 Å². The second-order valence-corrected chi connectivity index (χ2v) is 6.38. The lowest BCUT2D eigenvalue weighted by Gasteiger charge is -2.13. The number of aryl methyl sites for hydroxylation is 1. The lowest BCUT2D eigenvalue weighted by atomic mass is 10.2. The van der Waals surface area contributed by atoms with E-state index in [1.165, 1.54) is 0 Å². The van der Waals surface area contributed by atoms with E-state index in [0.29, 0.717) is 27.0 Å². The van der Waals surface area contributed by atoms with Crippen molar-refractivity contribution in [3.63, 3.8) is 0 Å². The van der Waals surface area contributed by atoms with E-state index in [2.05, 4.69) is 9.97 Å². The number of imidazole rings is 1. The maximum Gasteiger partial charge on any atom is 0.164 e. The van der Waals surface area contributed by atoms with Gasteiger partial charge in [0.05, 0.1) is 16.1 Å². The van der Waals surface area contributed by atoms with E-state index in [4.69, 9.17) is 34.8 Å². The summed E-state index contributed by atoms with van der Waals surface area (Å²) >= 11 is 18.4.